The fourth-order valence-electron chi connectivity index (χ4n) is 4.64. The maximum atomic E-state index is 13.9. The number of thioether (sulfide) groups is 1. The summed E-state index contributed by atoms with van der Waals surface area (Å²) in [5.41, 5.74) is 6.94. The van der Waals surface area contributed by atoms with Crippen molar-refractivity contribution in [3.05, 3.63) is 74.4 Å². The van der Waals surface area contributed by atoms with Crippen LogP contribution in [0.1, 0.15) is 41.3 Å². The van der Waals surface area contributed by atoms with Gasteiger partial charge in [-0.15, -0.1) is 11.3 Å². The molecule has 1 aliphatic rings. The van der Waals surface area contributed by atoms with E-state index >= 15 is 0 Å². The highest BCUT2D eigenvalue weighted by atomic mass is 32.2. The smallest absolute Gasteiger partial charge is 0.267 e. The van der Waals surface area contributed by atoms with Crippen molar-refractivity contribution in [2.45, 2.75) is 44.7 Å². The minimum absolute atomic E-state index is 0.0532. The number of nitrogens with one attached hydrogen (secondary N) is 1. The highest BCUT2D eigenvalue weighted by molar-refractivity contribution is 7.99. The number of carbonyl (C=O) groups is 1. The third-order valence-electron chi connectivity index (χ3n) is 6.73. The summed E-state index contributed by atoms with van der Waals surface area (Å²) in [6.45, 7) is 3.81. The van der Waals surface area contributed by atoms with Gasteiger partial charge in [-0.3, -0.25) is 14.2 Å². The lowest BCUT2D eigenvalue weighted by Crippen LogP contribution is -2.24. The van der Waals surface area contributed by atoms with Gasteiger partial charge in [0.2, 0.25) is 0 Å². The third-order valence-corrected chi connectivity index (χ3v) is 8.86. The maximum absolute atomic E-state index is 13.9. The molecule has 2 heterocycles. The molecule has 0 unspecified atom stereocenters. The van der Waals surface area contributed by atoms with Crippen molar-refractivity contribution >= 4 is 44.9 Å². The third kappa shape index (κ3) is 5.58. The first-order valence-corrected chi connectivity index (χ1v) is 14.5. The number of hydrazone groups is 1. The lowest BCUT2D eigenvalue weighted by molar-refractivity contribution is -0.118. The molecule has 0 radical (unpaired) electrons. The van der Waals surface area contributed by atoms with E-state index in [0.29, 0.717) is 22.4 Å². The normalized spacial score (nSPS) is 13.3. The maximum Gasteiger partial charge on any atom is 0.267 e. The van der Waals surface area contributed by atoms with Crippen LogP contribution >= 0.6 is 23.1 Å². The Kier molecular flexibility index (Phi) is 8.04. The Balaban J connectivity index is 1.40. The number of hydrogen-bond acceptors (Lipinski definition) is 8. The predicted octanol–water partition coefficient (Wildman–Crippen LogP) is 5.28. The second-order valence-electron chi connectivity index (χ2n) is 9.35. The van der Waals surface area contributed by atoms with Gasteiger partial charge in [-0.05, 0) is 75.4 Å². The van der Waals surface area contributed by atoms with Gasteiger partial charge in [0.1, 0.15) is 4.83 Å². The van der Waals surface area contributed by atoms with Crippen LogP contribution in [0.4, 0.5) is 0 Å². The molecule has 0 fully saturated rings. The summed E-state index contributed by atoms with van der Waals surface area (Å²) in [4.78, 5) is 33.5. The van der Waals surface area contributed by atoms with Crippen molar-refractivity contribution in [2.75, 3.05) is 20.0 Å². The van der Waals surface area contributed by atoms with Crippen molar-refractivity contribution in [3.8, 4) is 17.2 Å². The van der Waals surface area contributed by atoms with Crippen LogP contribution in [-0.2, 0) is 17.6 Å². The van der Waals surface area contributed by atoms with Crippen molar-refractivity contribution in [2.24, 2.45) is 5.10 Å². The van der Waals surface area contributed by atoms with Gasteiger partial charge in [0.25, 0.3) is 11.5 Å². The Labute approximate surface area is 235 Å². The first-order chi connectivity index (χ1) is 18.9. The van der Waals surface area contributed by atoms with Gasteiger partial charge in [0.05, 0.1) is 36.8 Å². The van der Waals surface area contributed by atoms with Gasteiger partial charge in [-0.2, -0.15) is 5.10 Å². The summed E-state index contributed by atoms with van der Waals surface area (Å²) in [6.07, 6.45) is 4.12. The molecule has 1 amide bonds. The summed E-state index contributed by atoms with van der Waals surface area (Å²) < 4.78 is 12.3. The van der Waals surface area contributed by atoms with Crippen LogP contribution in [0.2, 0.25) is 0 Å². The summed E-state index contributed by atoms with van der Waals surface area (Å²) in [5.74, 6) is 0.954. The highest BCUT2D eigenvalue weighted by Gasteiger charge is 2.23. The molecule has 0 aliphatic heterocycles. The van der Waals surface area contributed by atoms with Crippen LogP contribution in [0.5, 0.6) is 11.5 Å². The fourth-order valence-corrected chi connectivity index (χ4v) is 6.75. The molecule has 0 spiro atoms. The molecule has 202 valence electrons. The molecule has 1 N–H and O–H groups in total. The number of ether oxygens (including phenoxy) is 2. The van der Waals surface area contributed by atoms with Crippen LogP contribution < -0.4 is 20.5 Å². The van der Waals surface area contributed by atoms with E-state index in [4.69, 9.17) is 14.5 Å². The van der Waals surface area contributed by atoms with E-state index < -0.39 is 0 Å². The molecule has 0 saturated heterocycles. The van der Waals surface area contributed by atoms with Crippen LogP contribution in [0.15, 0.2) is 57.5 Å². The first-order valence-electron chi connectivity index (χ1n) is 12.7. The van der Waals surface area contributed by atoms with Crippen LogP contribution in [-0.4, -0.2) is 41.1 Å². The Bertz CT molecular complexity index is 1620. The number of thiophene rings is 1. The number of aromatic nitrogens is 2. The first kappa shape index (κ1) is 27.0. The van der Waals surface area contributed by atoms with Crippen molar-refractivity contribution in [1.29, 1.82) is 0 Å². The molecule has 2 aromatic heterocycles. The van der Waals surface area contributed by atoms with E-state index in [2.05, 4.69) is 10.5 Å². The number of methoxy groups -OCH3 is 2. The summed E-state index contributed by atoms with van der Waals surface area (Å²) >= 11 is 2.83. The number of carbonyl (C=O) groups excluding carboxylic acids is 1. The van der Waals surface area contributed by atoms with E-state index in [1.165, 1.54) is 16.6 Å². The number of hydrogen-bond donors (Lipinski definition) is 1. The monoisotopic (exact) mass is 562 g/mol. The largest absolute Gasteiger partial charge is 0.493 e. The zero-order valence-corrected chi connectivity index (χ0v) is 24.0. The average Bonchev–Trinajstić information content (AvgIpc) is 3.33. The predicted molar refractivity (Wildman–Crippen MR) is 157 cm³/mol. The van der Waals surface area contributed by atoms with E-state index in [1.807, 2.05) is 37.3 Å². The molecule has 0 atom stereocenters. The Morgan fingerprint density at radius 1 is 1.10 bits per heavy atom. The van der Waals surface area contributed by atoms with Crippen molar-refractivity contribution in [3.63, 3.8) is 0 Å². The molecule has 5 rings (SSSR count). The van der Waals surface area contributed by atoms with Gasteiger partial charge < -0.3 is 9.47 Å². The van der Waals surface area contributed by atoms with Gasteiger partial charge in [0, 0.05) is 10.4 Å². The summed E-state index contributed by atoms with van der Waals surface area (Å²) in [6, 6.07) is 13.2. The molecule has 4 aromatic rings. The second kappa shape index (κ2) is 11.6. The van der Waals surface area contributed by atoms with E-state index in [1.54, 1.807) is 49.2 Å². The number of fused-ring (bicyclic) bond motifs is 3. The molecular weight excluding hydrogens is 532 g/mol. The van der Waals surface area contributed by atoms with E-state index in [0.717, 1.165) is 58.3 Å². The molecule has 39 heavy (non-hydrogen) atoms. The number of amides is 1. The van der Waals surface area contributed by atoms with Crippen LogP contribution in [0.3, 0.4) is 0 Å². The molecular formula is C29H30N4O4S2. The molecule has 10 heteroatoms. The Morgan fingerprint density at radius 2 is 1.85 bits per heavy atom. The van der Waals surface area contributed by atoms with Gasteiger partial charge in [0.15, 0.2) is 16.7 Å². The zero-order valence-electron chi connectivity index (χ0n) is 22.4. The number of aryl methyl sites for hydroxylation is 3. The molecule has 2 aromatic carbocycles. The standard InChI is InChI=1S/C29H30N4O4S2/c1-17-9-12-20(13-10-17)33-28(35)26-21-7-5-6-8-24(21)39-27(26)30-29(33)38-16-25(34)32-31-18(2)19-11-14-22(36-3)23(15-19)37-4/h9-15H,5-8,16H2,1-4H3,(H,32,34)/b31-18-. The molecule has 1 aliphatic carbocycles. The Hall–Kier alpha value is -3.63. The minimum Gasteiger partial charge on any atom is -0.493 e. The van der Waals surface area contributed by atoms with Gasteiger partial charge in [-0.1, -0.05) is 29.5 Å². The van der Waals surface area contributed by atoms with E-state index in [9.17, 15) is 9.59 Å². The molecule has 8 nitrogen and oxygen atoms in total. The second-order valence-corrected chi connectivity index (χ2v) is 11.4. The molecule has 0 bridgehead atoms. The number of rotatable bonds is 8. The quantitative estimate of drug-likeness (QED) is 0.136. The van der Waals surface area contributed by atoms with Crippen LogP contribution in [0.25, 0.3) is 15.9 Å². The minimum atomic E-state index is -0.296. The van der Waals surface area contributed by atoms with Crippen LogP contribution in [0, 0.1) is 6.92 Å². The summed E-state index contributed by atoms with van der Waals surface area (Å²) in [7, 11) is 3.15. The van der Waals surface area contributed by atoms with E-state index in [-0.39, 0.29) is 17.2 Å². The SMILES string of the molecule is COc1ccc(/C(C)=N\NC(=O)CSc2nc3sc4c(c3c(=O)n2-c2ccc(C)cc2)CCCC4)cc1OC. The number of nitrogens with zero attached hydrogens (tertiary/aromatic N) is 3. The highest BCUT2D eigenvalue weighted by Crippen LogP contribution is 2.35. The lowest BCUT2D eigenvalue weighted by atomic mass is 9.97. The van der Waals surface area contributed by atoms with Crippen molar-refractivity contribution in [1.82, 2.24) is 15.0 Å². The lowest BCUT2D eigenvalue weighted by Gasteiger charge is -2.13. The summed E-state index contributed by atoms with van der Waals surface area (Å²) in [5, 5.41) is 5.47. The van der Waals surface area contributed by atoms with Gasteiger partial charge >= 0.3 is 0 Å². The fraction of sp³-hybridized carbons (Fsp3) is 0.310. The Morgan fingerprint density at radius 3 is 2.59 bits per heavy atom. The topological polar surface area (TPSA) is 94.8 Å². The zero-order chi connectivity index (χ0) is 27.5. The number of benzene rings is 2. The van der Waals surface area contributed by atoms with Gasteiger partial charge in [-0.25, -0.2) is 10.4 Å². The average molecular weight is 563 g/mol. The van der Waals surface area contributed by atoms with Crippen molar-refractivity contribution < 1.29 is 14.3 Å². The molecule has 0 saturated carbocycles.